The number of carboxylic acids is 2. The Balaban J connectivity index is 1.48. The Kier molecular flexibility index (Phi) is 5.35. The molecule has 2 bridgehead atoms. The summed E-state index contributed by atoms with van der Waals surface area (Å²) in [5.41, 5.74) is -0.274. The highest BCUT2D eigenvalue weighted by atomic mass is 16.4. The lowest BCUT2D eigenvalue weighted by Crippen LogP contribution is -2.66. The minimum absolute atomic E-state index is 0.0406. The Bertz CT molecular complexity index is 1300. The molecule has 0 unspecified atom stereocenters. The molecule has 0 N–H and O–H groups in total. The van der Waals surface area contributed by atoms with E-state index in [-0.39, 0.29) is 52.2 Å². The largest absolute Gasteiger partial charge is 0.550 e. The summed E-state index contributed by atoms with van der Waals surface area (Å²) in [4.78, 5) is 53.4. The lowest BCUT2D eigenvalue weighted by atomic mass is 9.34. The van der Waals surface area contributed by atoms with Crippen LogP contribution in [0.1, 0.15) is 76.6 Å². The minimum atomic E-state index is -1.36. The number of hydrogen-bond acceptors (Lipinski definition) is 6. The molecule has 38 heavy (non-hydrogen) atoms. The zero-order valence-corrected chi connectivity index (χ0v) is 22.5. The van der Waals surface area contributed by atoms with Crippen molar-refractivity contribution in [2.75, 3.05) is 4.90 Å². The van der Waals surface area contributed by atoms with Crippen LogP contribution in [0.5, 0.6) is 0 Å². The monoisotopic (exact) mass is 517 g/mol. The third-order valence-corrected chi connectivity index (χ3v) is 11.5. The van der Waals surface area contributed by atoms with E-state index in [2.05, 4.69) is 26.8 Å². The van der Waals surface area contributed by atoms with Crippen molar-refractivity contribution in [3.05, 3.63) is 41.5 Å². The van der Waals surface area contributed by atoms with Crippen LogP contribution in [0.3, 0.4) is 0 Å². The van der Waals surface area contributed by atoms with Gasteiger partial charge in [0.25, 0.3) is 0 Å². The summed E-state index contributed by atoms with van der Waals surface area (Å²) in [6.07, 6.45) is 6.76. The third-order valence-electron chi connectivity index (χ3n) is 11.5. The maximum absolute atomic E-state index is 14.3. The van der Waals surface area contributed by atoms with Crippen LogP contribution in [0.4, 0.5) is 5.69 Å². The number of imide groups is 1. The van der Waals surface area contributed by atoms with Crippen molar-refractivity contribution in [3.63, 3.8) is 0 Å². The number of allylic oxidation sites excluding steroid dienone is 2. The SMILES string of the molecule is CC(C)C1=C[C@@]23CC[C@H]4[C@](C)(CCC[C@@]4(C)C(=O)[O-])[C@@H]2C[C@@H]1[C@H]1C(=O)N(c2cccc(C(=O)[O-])c2)C(=O)[C@@H]13. The van der Waals surface area contributed by atoms with Gasteiger partial charge in [-0.05, 0) is 78.9 Å². The number of carbonyl (C=O) groups excluding carboxylic acids is 4. The van der Waals surface area contributed by atoms with Gasteiger partial charge in [-0.1, -0.05) is 57.9 Å². The molecule has 7 rings (SSSR count). The van der Waals surface area contributed by atoms with Gasteiger partial charge < -0.3 is 19.8 Å². The van der Waals surface area contributed by atoms with Crippen LogP contribution in [0.25, 0.3) is 0 Å². The quantitative estimate of drug-likeness (QED) is 0.448. The van der Waals surface area contributed by atoms with Gasteiger partial charge in [-0.2, -0.15) is 0 Å². The van der Waals surface area contributed by atoms with Crippen LogP contribution in [0, 0.1) is 51.8 Å². The molecule has 5 aliphatic carbocycles. The van der Waals surface area contributed by atoms with Crippen molar-refractivity contribution in [2.45, 2.75) is 66.2 Å². The molecule has 3 saturated carbocycles. The van der Waals surface area contributed by atoms with E-state index in [9.17, 15) is 29.4 Å². The Morgan fingerprint density at radius 1 is 1.03 bits per heavy atom. The number of carboxylic acid groups (broad SMARTS) is 2. The summed E-state index contributed by atoms with van der Waals surface area (Å²) in [5, 5.41) is 23.9. The molecule has 4 fully saturated rings. The maximum atomic E-state index is 14.3. The number of amides is 2. The fraction of sp³-hybridized carbons (Fsp3) is 0.613. The fourth-order valence-electron chi connectivity index (χ4n) is 9.97. The van der Waals surface area contributed by atoms with E-state index in [4.69, 9.17) is 0 Å². The second kappa shape index (κ2) is 8.03. The maximum Gasteiger partial charge on any atom is 0.238 e. The van der Waals surface area contributed by atoms with Crippen molar-refractivity contribution in [2.24, 2.45) is 51.8 Å². The van der Waals surface area contributed by atoms with Gasteiger partial charge >= 0.3 is 0 Å². The van der Waals surface area contributed by atoms with Gasteiger partial charge in [0.15, 0.2) is 0 Å². The number of carbonyl (C=O) groups is 4. The molecule has 6 aliphatic rings. The molecular weight excluding hydrogens is 482 g/mol. The van der Waals surface area contributed by atoms with Crippen molar-refractivity contribution < 1.29 is 29.4 Å². The van der Waals surface area contributed by atoms with Gasteiger partial charge in [-0.3, -0.25) is 9.59 Å². The molecule has 2 amide bonds. The predicted molar refractivity (Wildman–Crippen MR) is 135 cm³/mol. The summed E-state index contributed by atoms with van der Waals surface area (Å²) in [6.45, 7) is 8.34. The first-order chi connectivity index (χ1) is 17.9. The van der Waals surface area contributed by atoms with E-state index in [1.54, 1.807) is 6.07 Å². The first-order valence-corrected chi connectivity index (χ1v) is 14.0. The smallest absolute Gasteiger partial charge is 0.238 e. The average molecular weight is 518 g/mol. The Hall–Kier alpha value is -2.96. The highest BCUT2D eigenvalue weighted by Crippen LogP contribution is 2.74. The van der Waals surface area contributed by atoms with E-state index >= 15 is 0 Å². The van der Waals surface area contributed by atoms with Crippen molar-refractivity contribution in [1.82, 2.24) is 0 Å². The van der Waals surface area contributed by atoms with Gasteiger partial charge in [-0.15, -0.1) is 0 Å². The van der Waals surface area contributed by atoms with Gasteiger partial charge in [0.2, 0.25) is 11.8 Å². The molecule has 7 nitrogen and oxygen atoms in total. The number of rotatable bonds is 4. The van der Waals surface area contributed by atoms with E-state index in [0.717, 1.165) is 19.3 Å². The molecular formula is C31H35NO6-2. The summed E-state index contributed by atoms with van der Waals surface area (Å²) >= 11 is 0. The molecule has 1 aliphatic heterocycles. The number of fused-ring (bicyclic) bond motifs is 1. The van der Waals surface area contributed by atoms with Crippen molar-refractivity contribution in [1.29, 1.82) is 0 Å². The minimum Gasteiger partial charge on any atom is -0.550 e. The Morgan fingerprint density at radius 3 is 2.42 bits per heavy atom. The third kappa shape index (κ3) is 3.02. The molecule has 0 aromatic heterocycles. The molecule has 1 heterocycles. The standard InChI is InChI=1S/C31H37NO6/c1-16(2)20-15-31-12-9-21-29(3,10-6-11-30(21,4)28(37)38)22(31)14-19(20)23-24(31)26(34)32(25(23)33)18-8-5-7-17(13-18)27(35)36/h5,7-8,13,15-16,19,21-24H,6,9-12,14H2,1-4H3,(H,35,36)(H,37,38)/p-2/t19-,21-,22-,23+,24+,29-,30+,31-/m0/s1. The normalized spacial score (nSPS) is 41.4. The zero-order valence-electron chi connectivity index (χ0n) is 22.5. The second-order valence-electron chi connectivity index (χ2n) is 13.3. The number of hydrogen-bond donors (Lipinski definition) is 0. The fourth-order valence-corrected chi connectivity index (χ4v) is 9.97. The van der Waals surface area contributed by atoms with Crippen molar-refractivity contribution >= 4 is 29.4 Å². The first-order valence-electron chi connectivity index (χ1n) is 14.0. The van der Waals surface area contributed by atoms with E-state index < -0.39 is 34.6 Å². The zero-order chi connectivity index (χ0) is 27.4. The van der Waals surface area contributed by atoms with Crippen LogP contribution in [-0.2, 0) is 14.4 Å². The van der Waals surface area contributed by atoms with E-state index in [1.807, 2.05) is 6.92 Å². The molecule has 1 spiro atoms. The van der Waals surface area contributed by atoms with Gasteiger partial charge in [0, 0.05) is 16.8 Å². The Morgan fingerprint density at radius 2 is 1.76 bits per heavy atom. The molecule has 8 atom stereocenters. The number of benzene rings is 1. The highest BCUT2D eigenvalue weighted by molar-refractivity contribution is 6.23. The van der Waals surface area contributed by atoms with Gasteiger partial charge in [-0.25, -0.2) is 4.90 Å². The van der Waals surface area contributed by atoms with Crippen molar-refractivity contribution in [3.8, 4) is 0 Å². The molecule has 1 aromatic carbocycles. The highest BCUT2D eigenvalue weighted by Gasteiger charge is 2.72. The summed E-state index contributed by atoms with van der Waals surface area (Å²) in [5.74, 6) is -3.67. The van der Waals surface area contributed by atoms with Crippen LogP contribution in [0.15, 0.2) is 35.9 Å². The van der Waals surface area contributed by atoms with Gasteiger partial charge in [0.1, 0.15) is 0 Å². The van der Waals surface area contributed by atoms with Crippen LogP contribution >= 0.6 is 0 Å². The Labute approximate surface area is 223 Å². The number of anilines is 1. The van der Waals surface area contributed by atoms with Crippen LogP contribution in [0.2, 0.25) is 0 Å². The molecule has 1 aromatic rings. The lowest BCUT2D eigenvalue weighted by Gasteiger charge is -2.69. The topological polar surface area (TPSA) is 118 Å². The number of nitrogens with zero attached hydrogens (tertiary/aromatic N) is 1. The summed E-state index contributed by atoms with van der Waals surface area (Å²) in [7, 11) is 0. The summed E-state index contributed by atoms with van der Waals surface area (Å²) < 4.78 is 0. The average Bonchev–Trinajstić information content (AvgIpc) is 3.15. The van der Waals surface area contributed by atoms with E-state index in [1.165, 1.54) is 28.7 Å². The van der Waals surface area contributed by atoms with Crippen LogP contribution < -0.4 is 15.1 Å². The summed E-state index contributed by atoms with van der Waals surface area (Å²) in [6, 6.07) is 5.89. The van der Waals surface area contributed by atoms with Crippen LogP contribution in [-0.4, -0.2) is 23.8 Å². The lowest BCUT2D eigenvalue weighted by molar-refractivity contribution is -0.328. The number of aliphatic carboxylic acids is 1. The number of aromatic carboxylic acids is 1. The predicted octanol–water partition coefficient (Wildman–Crippen LogP) is 2.73. The molecule has 7 heteroatoms. The molecule has 1 saturated heterocycles. The molecule has 0 radical (unpaired) electrons. The van der Waals surface area contributed by atoms with Gasteiger partial charge in [0.05, 0.1) is 23.5 Å². The molecule has 202 valence electrons. The first kappa shape index (κ1) is 25.3. The second-order valence-corrected chi connectivity index (χ2v) is 13.3. The van der Waals surface area contributed by atoms with E-state index in [0.29, 0.717) is 19.3 Å².